The molecule has 2 aliphatic heterocycles. The first kappa shape index (κ1) is 11.3. The van der Waals surface area contributed by atoms with Crippen LogP contribution in [-0.4, -0.2) is 42.6 Å². The van der Waals surface area contributed by atoms with Gasteiger partial charge in [-0.3, -0.25) is 0 Å². The van der Waals surface area contributed by atoms with Gasteiger partial charge in [0.1, 0.15) is 5.82 Å². The molecule has 0 radical (unpaired) electrons. The minimum absolute atomic E-state index is 0.598. The largest absolute Gasteiger partial charge is 0.351 e. The van der Waals surface area contributed by atoms with Gasteiger partial charge in [0.2, 0.25) is 0 Å². The number of aromatic nitrogens is 1. The SMILES string of the molecule is CN1CC[C@H]2CCN(c3ncccc3Cl)[C@H]2C1. The van der Waals surface area contributed by atoms with Gasteiger partial charge < -0.3 is 9.80 Å². The van der Waals surface area contributed by atoms with Gasteiger partial charge in [-0.1, -0.05) is 11.6 Å². The van der Waals surface area contributed by atoms with Crippen LogP contribution in [0.25, 0.3) is 0 Å². The Morgan fingerprint density at radius 3 is 3.00 bits per heavy atom. The summed E-state index contributed by atoms with van der Waals surface area (Å²) in [5.74, 6) is 1.79. The average Bonchev–Trinajstić information content (AvgIpc) is 2.72. The molecule has 3 heterocycles. The van der Waals surface area contributed by atoms with Crippen molar-refractivity contribution < 1.29 is 0 Å². The van der Waals surface area contributed by atoms with Crippen molar-refractivity contribution in [2.45, 2.75) is 18.9 Å². The van der Waals surface area contributed by atoms with Gasteiger partial charge in [0.05, 0.1) is 5.02 Å². The zero-order valence-electron chi connectivity index (χ0n) is 10.1. The Bertz CT molecular complexity index is 409. The minimum Gasteiger partial charge on any atom is -0.351 e. The van der Waals surface area contributed by atoms with Crippen LogP contribution in [0.3, 0.4) is 0 Å². The standard InChI is InChI=1S/C13H18ClN3/c1-16-7-4-10-5-8-17(12(10)9-16)13-11(14)3-2-6-15-13/h2-3,6,10,12H,4-5,7-9H2,1H3/t10-,12-/m0/s1. The number of fused-ring (bicyclic) bond motifs is 1. The number of nitrogens with zero attached hydrogens (tertiary/aromatic N) is 3. The maximum Gasteiger partial charge on any atom is 0.147 e. The van der Waals surface area contributed by atoms with E-state index in [0.717, 1.165) is 29.8 Å². The first-order valence-corrected chi connectivity index (χ1v) is 6.69. The van der Waals surface area contributed by atoms with Crippen molar-refractivity contribution in [2.75, 3.05) is 31.6 Å². The fourth-order valence-electron chi connectivity index (χ4n) is 3.15. The number of rotatable bonds is 1. The number of hydrogen-bond acceptors (Lipinski definition) is 3. The van der Waals surface area contributed by atoms with Crippen molar-refractivity contribution in [1.29, 1.82) is 0 Å². The molecule has 17 heavy (non-hydrogen) atoms. The van der Waals surface area contributed by atoms with Gasteiger partial charge in [0.15, 0.2) is 0 Å². The molecule has 0 saturated carbocycles. The van der Waals surface area contributed by atoms with E-state index >= 15 is 0 Å². The molecule has 1 aromatic heterocycles. The van der Waals surface area contributed by atoms with Crippen molar-refractivity contribution in [3.63, 3.8) is 0 Å². The normalized spacial score (nSPS) is 29.4. The molecule has 0 aliphatic carbocycles. The summed E-state index contributed by atoms with van der Waals surface area (Å²) in [4.78, 5) is 9.27. The maximum absolute atomic E-state index is 6.25. The molecule has 0 N–H and O–H groups in total. The van der Waals surface area contributed by atoms with Gasteiger partial charge >= 0.3 is 0 Å². The highest BCUT2D eigenvalue weighted by Gasteiger charge is 2.38. The number of halogens is 1. The van der Waals surface area contributed by atoms with Gasteiger partial charge in [0.25, 0.3) is 0 Å². The molecule has 0 aromatic carbocycles. The predicted octanol–water partition coefficient (Wildman–Crippen LogP) is 2.27. The molecule has 1 aromatic rings. The fourth-order valence-corrected chi connectivity index (χ4v) is 3.38. The summed E-state index contributed by atoms with van der Waals surface area (Å²) in [5, 5.41) is 0.779. The van der Waals surface area contributed by atoms with E-state index in [1.165, 1.54) is 19.4 Å². The van der Waals surface area contributed by atoms with E-state index in [-0.39, 0.29) is 0 Å². The average molecular weight is 252 g/mol. The summed E-state index contributed by atoms with van der Waals surface area (Å²) < 4.78 is 0. The van der Waals surface area contributed by atoms with Crippen molar-refractivity contribution in [3.8, 4) is 0 Å². The summed E-state index contributed by atoms with van der Waals surface area (Å²) in [7, 11) is 2.20. The predicted molar refractivity (Wildman–Crippen MR) is 70.6 cm³/mol. The molecule has 0 spiro atoms. The second-order valence-electron chi connectivity index (χ2n) is 5.17. The van der Waals surface area contributed by atoms with E-state index < -0.39 is 0 Å². The number of likely N-dealkylation sites (tertiary alicyclic amines) is 1. The lowest BCUT2D eigenvalue weighted by molar-refractivity contribution is 0.208. The molecule has 2 atom stereocenters. The number of pyridine rings is 1. The lowest BCUT2D eigenvalue weighted by atomic mass is 9.92. The summed E-state index contributed by atoms with van der Waals surface area (Å²) in [5.41, 5.74) is 0. The quantitative estimate of drug-likeness (QED) is 0.763. The third kappa shape index (κ3) is 2.02. The molecule has 3 rings (SSSR count). The van der Waals surface area contributed by atoms with Gasteiger partial charge in [0, 0.05) is 25.3 Å². The molecule has 0 unspecified atom stereocenters. The van der Waals surface area contributed by atoms with Gasteiger partial charge in [-0.2, -0.15) is 0 Å². The highest BCUT2D eigenvalue weighted by atomic mass is 35.5. The van der Waals surface area contributed by atoms with Crippen LogP contribution in [0.15, 0.2) is 18.3 Å². The van der Waals surface area contributed by atoms with Crippen molar-refractivity contribution in [2.24, 2.45) is 5.92 Å². The number of hydrogen-bond donors (Lipinski definition) is 0. The second-order valence-corrected chi connectivity index (χ2v) is 5.58. The van der Waals surface area contributed by atoms with E-state index in [0.29, 0.717) is 6.04 Å². The van der Waals surface area contributed by atoms with Crippen LogP contribution < -0.4 is 4.90 Å². The Kier molecular flexibility index (Phi) is 2.97. The maximum atomic E-state index is 6.25. The Labute approximate surface area is 107 Å². The first-order valence-electron chi connectivity index (χ1n) is 6.31. The summed E-state index contributed by atoms with van der Waals surface area (Å²) in [6.07, 6.45) is 4.43. The third-order valence-corrected chi connectivity index (χ3v) is 4.37. The Balaban J connectivity index is 1.87. The lowest BCUT2D eigenvalue weighted by Gasteiger charge is -2.37. The highest BCUT2D eigenvalue weighted by Crippen LogP contribution is 2.36. The van der Waals surface area contributed by atoms with Crippen molar-refractivity contribution in [3.05, 3.63) is 23.4 Å². The summed E-state index contributed by atoms with van der Waals surface area (Å²) in [6.45, 7) is 3.46. The number of piperidine rings is 1. The second kappa shape index (κ2) is 4.46. The molecule has 2 saturated heterocycles. The lowest BCUT2D eigenvalue weighted by Crippen LogP contribution is -2.47. The van der Waals surface area contributed by atoms with Crippen molar-refractivity contribution in [1.82, 2.24) is 9.88 Å². The van der Waals surface area contributed by atoms with Crippen LogP contribution in [0.4, 0.5) is 5.82 Å². The zero-order valence-corrected chi connectivity index (χ0v) is 10.9. The van der Waals surface area contributed by atoms with Crippen molar-refractivity contribution >= 4 is 17.4 Å². The van der Waals surface area contributed by atoms with E-state index in [4.69, 9.17) is 11.6 Å². The molecule has 2 aliphatic rings. The van der Waals surface area contributed by atoms with Crippen LogP contribution >= 0.6 is 11.6 Å². The summed E-state index contributed by atoms with van der Waals surface area (Å²) in [6, 6.07) is 4.43. The first-order chi connectivity index (χ1) is 8.25. The van der Waals surface area contributed by atoms with E-state index in [9.17, 15) is 0 Å². The minimum atomic E-state index is 0.598. The number of likely N-dealkylation sites (N-methyl/N-ethyl adjacent to an activating group) is 1. The van der Waals surface area contributed by atoms with Crippen LogP contribution in [0, 0.1) is 5.92 Å². The van der Waals surface area contributed by atoms with E-state index in [1.54, 1.807) is 0 Å². The number of anilines is 1. The van der Waals surface area contributed by atoms with Gasteiger partial charge in [-0.15, -0.1) is 0 Å². The molecular formula is C13H18ClN3. The molecule has 2 fully saturated rings. The van der Waals surface area contributed by atoms with Crippen LogP contribution in [0.2, 0.25) is 5.02 Å². The smallest absolute Gasteiger partial charge is 0.147 e. The molecular weight excluding hydrogens is 234 g/mol. The van der Waals surface area contributed by atoms with Crippen LogP contribution in [0.5, 0.6) is 0 Å². The van der Waals surface area contributed by atoms with Crippen LogP contribution in [0.1, 0.15) is 12.8 Å². The molecule has 3 nitrogen and oxygen atoms in total. The Hall–Kier alpha value is -0.800. The molecule has 4 heteroatoms. The van der Waals surface area contributed by atoms with Crippen LogP contribution in [-0.2, 0) is 0 Å². The monoisotopic (exact) mass is 251 g/mol. The van der Waals surface area contributed by atoms with E-state index in [1.807, 2.05) is 18.3 Å². The molecule has 0 bridgehead atoms. The Morgan fingerprint density at radius 2 is 2.18 bits per heavy atom. The third-order valence-electron chi connectivity index (χ3n) is 4.08. The fraction of sp³-hybridized carbons (Fsp3) is 0.615. The summed E-state index contributed by atoms with van der Waals surface area (Å²) >= 11 is 6.25. The van der Waals surface area contributed by atoms with E-state index in [2.05, 4.69) is 21.8 Å². The van der Waals surface area contributed by atoms with Gasteiger partial charge in [-0.25, -0.2) is 4.98 Å². The highest BCUT2D eigenvalue weighted by molar-refractivity contribution is 6.32. The topological polar surface area (TPSA) is 19.4 Å². The zero-order chi connectivity index (χ0) is 11.8. The van der Waals surface area contributed by atoms with Gasteiger partial charge in [-0.05, 0) is 44.5 Å². The molecule has 92 valence electrons. The Morgan fingerprint density at radius 1 is 1.35 bits per heavy atom. The molecule has 0 amide bonds.